The zero-order valence-corrected chi connectivity index (χ0v) is 11.1. The van der Waals surface area contributed by atoms with E-state index >= 15 is 0 Å². The van der Waals surface area contributed by atoms with Crippen LogP contribution in [0.1, 0.15) is 24.8 Å². The number of nitrogens with two attached hydrogens (primary N) is 1. The van der Waals surface area contributed by atoms with Crippen LogP contribution in [0.2, 0.25) is 0 Å². The molecule has 0 saturated carbocycles. The van der Waals surface area contributed by atoms with E-state index in [1.807, 2.05) is 0 Å². The van der Waals surface area contributed by atoms with Gasteiger partial charge in [-0.2, -0.15) is 0 Å². The van der Waals surface area contributed by atoms with Crippen LogP contribution in [0.25, 0.3) is 0 Å². The van der Waals surface area contributed by atoms with E-state index < -0.39 is 0 Å². The molecule has 19 heavy (non-hydrogen) atoms. The number of likely N-dealkylation sites (tertiary alicyclic amines) is 1. The molecule has 0 amide bonds. The van der Waals surface area contributed by atoms with Crippen LogP contribution in [0.3, 0.4) is 0 Å². The van der Waals surface area contributed by atoms with E-state index in [1.54, 1.807) is 12.1 Å². The first-order chi connectivity index (χ1) is 9.20. The summed E-state index contributed by atoms with van der Waals surface area (Å²) in [5, 5.41) is 11.5. The number of rotatable bonds is 4. The van der Waals surface area contributed by atoms with Crippen molar-refractivity contribution in [3.63, 3.8) is 0 Å². The molecule has 0 spiro atoms. The van der Waals surface area contributed by atoms with Gasteiger partial charge in [-0.25, -0.2) is 4.98 Å². The molecule has 1 fully saturated rings. The molecular weight excluding hydrogens is 244 g/mol. The van der Waals surface area contributed by atoms with Crippen molar-refractivity contribution in [1.82, 2.24) is 9.88 Å². The Bertz CT molecular complexity index is 433. The number of nitrogens with zero attached hydrogens (tertiary/aromatic N) is 3. The Morgan fingerprint density at radius 1 is 1.58 bits per heavy atom. The molecule has 1 aromatic heterocycles. The van der Waals surface area contributed by atoms with Gasteiger partial charge in [0.05, 0.1) is 0 Å². The van der Waals surface area contributed by atoms with Crippen molar-refractivity contribution in [3.8, 4) is 5.88 Å². The Morgan fingerprint density at radius 2 is 2.42 bits per heavy atom. The van der Waals surface area contributed by atoms with Crippen LogP contribution < -0.4 is 10.5 Å². The van der Waals surface area contributed by atoms with Gasteiger partial charge in [-0.1, -0.05) is 11.6 Å². The second-order valence-corrected chi connectivity index (χ2v) is 4.81. The van der Waals surface area contributed by atoms with Crippen molar-refractivity contribution in [2.45, 2.75) is 25.3 Å². The third-order valence-corrected chi connectivity index (χ3v) is 3.48. The van der Waals surface area contributed by atoms with Gasteiger partial charge in [0, 0.05) is 23.9 Å². The fraction of sp³-hybridized carbons (Fsp3) is 0.538. The standard InChI is InChI=1S/C13H20N4O2/c1-17-7-3-2-4-11(17)9-19-12-6-5-10(8-15-12)13(14)16-18/h5-6,8,11,18H,2-4,7,9H2,1H3,(H2,14,16). The van der Waals surface area contributed by atoms with Crippen molar-refractivity contribution in [2.75, 3.05) is 20.2 Å². The van der Waals surface area contributed by atoms with Gasteiger partial charge in [-0.15, -0.1) is 0 Å². The first kappa shape index (κ1) is 13.6. The SMILES string of the molecule is CN1CCCCC1COc1ccc(C(N)=NO)cn1. The van der Waals surface area contributed by atoms with E-state index in [9.17, 15) is 0 Å². The van der Waals surface area contributed by atoms with Crippen molar-refractivity contribution < 1.29 is 9.94 Å². The number of piperidine rings is 1. The highest BCUT2D eigenvalue weighted by atomic mass is 16.5. The Labute approximate surface area is 112 Å². The van der Waals surface area contributed by atoms with Crippen LogP contribution in [-0.2, 0) is 0 Å². The Hall–Kier alpha value is -1.82. The van der Waals surface area contributed by atoms with Gasteiger partial charge < -0.3 is 20.6 Å². The lowest BCUT2D eigenvalue weighted by atomic mass is 10.0. The topological polar surface area (TPSA) is 84.0 Å². The minimum atomic E-state index is 0.0473. The molecule has 2 heterocycles. The molecule has 104 valence electrons. The second kappa shape index (κ2) is 6.38. The van der Waals surface area contributed by atoms with Crippen molar-refractivity contribution >= 4 is 5.84 Å². The number of oxime groups is 1. The molecule has 6 heteroatoms. The van der Waals surface area contributed by atoms with Gasteiger partial charge in [0.2, 0.25) is 5.88 Å². The lowest BCUT2D eigenvalue weighted by Gasteiger charge is -2.31. The maximum atomic E-state index is 8.56. The number of pyridine rings is 1. The number of aromatic nitrogens is 1. The second-order valence-electron chi connectivity index (χ2n) is 4.81. The van der Waals surface area contributed by atoms with Crippen LogP contribution in [0.5, 0.6) is 5.88 Å². The fourth-order valence-electron chi connectivity index (χ4n) is 2.21. The van der Waals surface area contributed by atoms with Gasteiger partial charge in [-0.05, 0) is 32.5 Å². The van der Waals surface area contributed by atoms with E-state index in [1.165, 1.54) is 25.5 Å². The summed E-state index contributed by atoms with van der Waals surface area (Å²) >= 11 is 0. The highest BCUT2D eigenvalue weighted by molar-refractivity contribution is 5.96. The molecule has 1 aliphatic heterocycles. The molecule has 1 aromatic rings. The molecule has 0 aliphatic carbocycles. The number of hydrogen-bond acceptors (Lipinski definition) is 5. The summed E-state index contributed by atoms with van der Waals surface area (Å²) in [5.74, 6) is 0.611. The molecule has 1 saturated heterocycles. The van der Waals surface area contributed by atoms with E-state index in [-0.39, 0.29) is 5.84 Å². The molecular formula is C13H20N4O2. The van der Waals surface area contributed by atoms with Crippen LogP contribution in [0.15, 0.2) is 23.5 Å². The molecule has 1 atom stereocenters. The first-order valence-corrected chi connectivity index (χ1v) is 6.47. The molecule has 3 N–H and O–H groups in total. The maximum Gasteiger partial charge on any atom is 0.213 e. The van der Waals surface area contributed by atoms with Crippen molar-refractivity contribution in [2.24, 2.45) is 10.9 Å². The summed E-state index contributed by atoms with van der Waals surface area (Å²) < 4.78 is 5.69. The third kappa shape index (κ3) is 3.57. The van der Waals surface area contributed by atoms with E-state index in [0.29, 0.717) is 24.1 Å². The number of amidine groups is 1. The lowest BCUT2D eigenvalue weighted by Crippen LogP contribution is -2.40. The van der Waals surface area contributed by atoms with Gasteiger partial charge in [-0.3, -0.25) is 0 Å². The number of likely N-dealkylation sites (N-methyl/N-ethyl adjacent to an activating group) is 1. The van der Waals surface area contributed by atoms with Gasteiger partial charge in [0.15, 0.2) is 5.84 Å². The highest BCUT2D eigenvalue weighted by Gasteiger charge is 2.19. The normalized spacial score (nSPS) is 21.3. The lowest BCUT2D eigenvalue weighted by molar-refractivity contribution is 0.122. The third-order valence-electron chi connectivity index (χ3n) is 3.48. The monoisotopic (exact) mass is 264 g/mol. The van der Waals surface area contributed by atoms with Crippen molar-refractivity contribution in [1.29, 1.82) is 0 Å². The summed E-state index contributed by atoms with van der Waals surface area (Å²) in [6.45, 7) is 1.77. The van der Waals surface area contributed by atoms with Gasteiger partial charge in [0.1, 0.15) is 6.61 Å². The molecule has 0 aromatic carbocycles. The quantitative estimate of drug-likeness (QED) is 0.367. The first-order valence-electron chi connectivity index (χ1n) is 6.47. The minimum Gasteiger partial charge on any atom is -0.476 e. The van der Waals surface area contributed by atoms with Gasteiger partial charge >= 0.3 is 0 Å². The van der Waals surface area contributed by atoms with Crippen LogP contribution in [0, 0.1) is 0 Å². The molecule has 0 bridgehead atoms. The predicted molar refractivity (Wildman–Crippen MR) is 72.5 cm³/mol. The molecule has 1 unspecified atom stereocenters. The van der Waals surface area contributed by atoms with E-state index in [4.69, 9.17) is 15.7 Å². The predicted octanol–water partition coefficient (Wildman–Crippen LogP) is 1.04. The van der Waals surface area contributed by atoms with Crippen LogP contribution in [-0.4, -0.2) is 47.2 Å². The summed E-state index contributed by atoms with van der Waals surface area (Å²) in [6, 6.07) is 3.91. The number of hydrogen-bond donors (Lipinski definition) is 2. The largest absolute Gasteiger partial charge is 0.476 e. The summed E-state index contributed by atoms with van der Waals surface area (Å²) in [5.41, 5.74) is 6.04. The fourth-order valence-corrected chi connectivity index (χ4v) is 2.21. The Morgan fingerprint density at radius 3 is 3.05 bits per heavy atom. The Kier molecular flexibility index (Phi) is 4.57. The molecule has 2 rings (SSSR count). The van der Waals surface area contributed by atoms with Crippen LogP contribution >= 0.6 is 0 Å². The Balaban J connectivity index is 1.89. The van der Waals surface area contributed by atoms with E-state index in [2.05, 4.69) is 22.1 Å². The zero-order valence-electron chi connectivity index (χ0n) is 11.1. The average Bonchev–Trinajstić information content (AvgIpc) is 2.46. The van der Waals surface area contributed by atoms with Gasteiger partial charge in [0.25, 0.3) is 0 Å². The molecule has 1 aliphatic rings. The maximum absolute atomic E-state index is 8.56. The average molecular weight is 264 g/mol. The van der Waals surface area contributed by atoms with E-state index in [0.717, 1.165) is 6.54 Å². The zero-order chi connectivity index (χ0) is 13.7. The van der Waals surface area contributed by atoms with Crippen LogP contribution in [0.4, 0.5) is 0 Å². The van der Waals surface area contributed by atoms with Crippen molar-refractivity contribution in [3.05, 3.63) is 23.9 Å². The minimum absolute atomic E-state index is 0.0473. The summed E-state index contributed by atoms with van der Waals surface area (Å²) in [7, 11) is 2.13. The molecule has 0 radical (unpaired) electrons. The number of ether oxygens (including phenoxy) is 1. The summed E-state index contributed by atoms with van der Waals surface area (Å²) in [4.78, 5) is 6.47. The summed E-state index contributed by atoms with van der Waals surface area (Å²) in [6.07, 6.45) is 5.22. The molecule has 6 nitrogen and oxygen atoms in total. The highest BCUT2D eigenvalue weighted by Crippen LogP contribution is 2.16. The smallest absolute Gasteiger partial charge is 0.213 e.